The molecular formula is C22H30O5Si. The summed E-state index contributed by atoms with van der Waals surface area (Å²) >= 11 is 0. The molecule has 1 aliphatic heterocycles. The Morgan fingerprint density at radius 1 is 0.893 bits per heavy atom. The number of rotatable bonds is 6. The van der Waals surface area contributed by atoms with Crippen LogP contribution in [0.5, 0.6) is 0 Å². The predicted molar refractivity (Wildman–Crippen MR) is 111 cm³/mol. The molecule has 0 aromatic heterocycles. The van der Waals surface area contributed by atoms with Gasteiger partial charge in [0, 0.05) is 7.11 Å². The quantitative estimate of drug-likeness (QED) is 0.720. The lowest BCUT2D eigenvalue weighted by molar-refractivity contribution is -0.152. The van der Waals surface area contributed by atoms with Crippen molar-refractivity contribution < 1.29 is 24.1 Å². The Balaban J connectivity index is 2.00. The molecule has 2 aromatic carbocycles. The number of hydrogen-bond acceptors (Lipinski definition) is 5. The Morgan fingerprint density at radius 3 is 1.79 bits per heavy atom. The fraction of sp³-hybridized carbons (Fsp3) is 0.455. The molecule has 5 nitrogen and oxygen atoms in total. The van der Waals surface area contributed by atoms with Gasteiger partial charge in [0.25, 0.3) is 8.32 Å². The molecule has 1 aliphatic rings. The third kappa shape index (κ3) is 3.81. The first-order valence-electron chi connectivity index (χ1n) is 9.60. The summed E-state index contributed by atoms with van der Waals surface area (Å²) in [6.07, 6.45) is -3.63. The van der Waals surface area contributed by atoms with Crippen molar-refractivity contribution in [1.82, 2.24) is 0 Å². The SMILES string of the molecule is CO[C@H]1O[C@H](CO[Si](c2ccccc2)(c2ccccc2)C(C)(C)C)[C@@H](O)[C@H]1O. The summed E-state index contributed by atoms with van der Waals surface area (Å²) in [5.41, 5.74) is 0. The van der Waals surface area contributed by atoms with Gasteiger partial charge in [0.15, 0.2) is 6.29 Å². The predicted octanol–water partition coefficient (Wildman–Crippen LogP) is 1.66. The monoisotopic (exact) mass is 402 g/mol. The highest BCUT2D eigenvalue weighted by Crippen LogP contribution is 2.37. The van der Waals surface area contributed by atoms with Gasteiger partial charge in [-0.1, -0.05) is 81.4 Å². The Hall–Kier alpha value is -1.54. The van der Waals surface area contributed by atoms with Crippen molar-refractivity contribution in [3.8, 4) is 0 Å². The highest BCUT2D eigenvalue weighted by molar-refractivity contribution is 6.99. The second kappa shape index (κ2) is 8.45. The van der Waals surface area contributed by atoms with E-state index < -0.39 is 32.9 Å². The third-order valence-electron chi connectivity index (χ3n) is 5.43. The maximum atomic E-state index is 10.4. The highest BCUT2D eigenvalue weighted by atomic mass is 28.4. The van der Waals surface area contributed by atoms with Gasteiger partial charge in [0.2, 0.25) is 0 Å². The van der Waals surface area contributed by atoms with Gasteiger partial charge in [0.05, 0.1) is 6.61 Å². The molecule has 0 radical (unpaired) electrons. The minimum absolute atomic E-state index is 0.168. The van der Waals surface area contributed by atoms with E-state index in [2.05, 4.69) is 45.0 Å². The molecule has 4 atom stereocenters. The van der Waals surface area contributed by atoms with Gasteiger partial charge in [-0.3, -0.25) is 0 Å². The first kappa shape index (κ1) is 21.2. The van der Waals surface area contributed by atoms with E-state index in [1.54, 1.807) is 0 Å². The normalized spacial score (nSPS) is 25.8. The van der Waals surface area contributed by atoms with Crippen LogP contribution in [-0.2, 0) is 13.9 Å². The average Bonchev–Trinajstić information content (AvgIpc) is 2.97. The summed E-state index contributed by atoms with van der Waals surface area (Å²) in [5.74, 6) is 0. The van der Waals surface area contributed by atoms with Crippen LogP contribution in [0.15, 0.2) is 60.7 Å². The smallest absolute Gasteiger partial charge is 0.261 e. The maximum absolute atomic E-state index is 10.4. The molecule has 1 heterocycles. The maximum Gasteiger partial charge on any atom is 0.261 e. The van der Waals surface area contributed by atoms with Crippen LogP contribution in [0.1, 0.15) is 20.8 Å². The second-order valence-electron chi connectivity index (χ2n) is 8.23. The molecule has 0 aliphatic carbocycles. The molecule has 152 valence electrons. The lowest BCUT2D eigenvalue weighted by Crippen LogP contribution is -2.67. The van der Waals surface area contributed by atoms with Crippen molar-refractivity contribution in [3.05, 3.63) is 60.7 Å². The van der Waals surface area contributed by atoms with Gasteiger partial charge in [-0.05, 0) is 15.4 Å². The van der Waals surface area contributed by atoms with Crippen LogP contribution in [0.4, 0.5) is 0 Å². The lowest BCUT2D eigenvalue weighted by Gasteiger charge is -2.43. The number of aliphatic hydroxyl groups excluding tert-OH is 2. The number of benzene rings is 2. The van der Waals surface area contributed by atoms with Gasteiger partial charge < -0.3 is 24.1 Å². The van der Waals surface area contributed by atoms with Crippen molar-refractivity contribution >= 4 is 18.7 Å². The minimum Gasteiger partial charge on any atom is -0.405 e. The van der Waals surface area contributed by atoms with E-state index in [1.165, 1.54) is 7.11 Å². The zero-order valence-corrected chi connectivity index (χ0v) is 17.9. The zero-order chi connectivity index (χ0) is 20.4. The zero-order valence-electron chi connectivity index (χ0n) is 16.9. The number of methoxy groups -OCH3 is 1. The van der Waals surface area contributed by atoms with Crippen LogP contribution in [0, 0.1) is 0 Å². The molecule has 2 aromatic rings. The van der Waals surface area contributed by atoms with Gasteiger partial charge in [-0.15, -0.1) is 0 Å². The van der Waals surface area contributed by atoms with Crippen LogP contribution >= 0.6 is 0 Å². The molecule has 6 heteroatoms. The topological polar surface area (TPSA) is 68.2 Å². The standard InChI is InChI=1S/C22H30O5Si/c1-22(2,3)28(16-11-7-5-8-12-16,17-13-9-6-10-14-17)26-15-18-19(23)20(24)21(25-4)27-18/h5-14,18-21,23-24H,15H2,1-4H3/t18-,19-,20-,21+/m1/s1. The van der Waals surface area contributed by atoms with Crippen LogP contribution < -0.4 is 10.4 Å². The molecule has 1 fully saturated rings. The summed E-state index contributed by atoms with van der Waals surface area (Å²) in [6.45, 7) is 6.75. The van der Waals surface area contributed by atoms with Crippen LogP contribution in [-0.4, -0.2) is 56.8 Å². The van der Waals surface area contributed by atoms with Gasteiger partial charge in [-0.25, -0.2) is 0 Å². The highest BCUT2D eigenvalue weighted by Gasteiger charge is 2.52. The Bertz CT molecular complexity index is 707. The molecule has 2 N–H and O–H groups in total. The van der Waals surface area contributed by atoms with Crippen LogP contribution in [0.25, 0.3) is 0 Å². The van der Waals surface area contributed by atoms with E-state index in [-0.39, 0.29) is 11.6 Å². The average molecular weight is 403 g/mol. The summed E-state index contributed by atoms with van der Waals surface area (Å²) in [6, 6.07) is 20.6. The fourth-order valence-electron chi connectivity index (χ4n) is 4.02. The molecule has 28 heavy (non-hydrogen) atoms. The van der Waals surface area contributed by atoms with Crippen molar-refractivity contribution in [3.63, 3.8) is 0 Å². The van der Waals surface area contributed by atoms with E-state index in [1.807, 2.05) is 36.4 Å². The van der Waals surface area contributed by atoms with Crippen LogP contribution in [0.2, 0.25) is 5.04 Å². The van der Waals surface area contributed by atoms with E-state index in [4.69, 9.17) is 13.9 Å². The molecule has 0 unspecified atom stereocenters. The van der Waals surface area contributed by atoms with Crippen molar-refractivity contribution in [2.75, 3.05) is 13.7 Å². The first-order chi connectivity index (χ1) is 13.3. The van der Waals surface area contributed by atoms with Crippen molar-refractivity contribution in [1.29, 1.82) is 0 Å². The summed E-state index contributed by atoms with van der Waals surface area (Å²) in [5, 5.41) is 22.6. The molecular weight excluding hydrogens is 372 g/mol. The molecule has 0 spiro atoms. The molecule has 0 amide bonds. The Kier molecular flexibility index (Phi) is 6.39. The van der Waals surface area contributed by atoms with E-state index in [0.29, 0.717) is 0 Å². The van der Waals surface area contributed by atoms with Gasteiger partial charge in [-0.2, -0.15) is 0 Å². The number of ether oxygens (including phenoxy) is 2. The summed E-state index contributed by atoms with van der Waals surface area (Å²) in [4.78, 5) is 0. The summed E-state index contributed by atoms with van der Waals surface area (Å²) in [7, 11) is -1.26. The molecule has 0 saturated carbocycles. The van der Waals surface area contributed by atoms with E-state index in [9.17, 15) is 10.2 Å². The third-order valence-corrected chi connectivity index (χ3v) is 10.4. The number of aliphatic hydroxyl groups is 2. The molecule has 0 bridgehead atoms. The Labute approximate surface area is 168 Å². The Morgan fingerprint density at radius 2 is 1.39 bits per heavy atom. The largest absolute Gasteiger partial charge is 0.405 e. The first-order valence-corrected chi connectivity index (χ1v) is 11.5. The molecule has 3 rings (SSSR count). The summed E-state index contributed by atoms with van der Waals surface area (Å²) < 4.78 is 17.6. The van der Waals surface area contributed by atoms with E-state index in [0.717, 1.165) is 10.4 Å². The van der Waals surface area contributed by atoms with Crippen molar-refractivity contribution in [2.24, 2.45) is 0 Å². The second-order valence-corrected chi connectivity index (χ2v) is 12.5. The van der Waals surface area contributed by atoms with Crippen molar-refractivity contribution in [2.45, 2.75) is 50.4 Å². The van der Waals surface area contributed by atoms with Crippen LogP contribution in [0.3, 0.4) is 0 Å². The number of hydrogen-bond donors (Lipinski definition) is 2. The molecule has 1 saturated heterocycles. The van der Waals surface area contributed by atoms with Gasteiger partial charge >= 0.3 is 0 Å². The lowest BCUT2D eigenvalue weighted by atomic mass is 10.1. The fourth-order valence-corrected chi connectivity index (χ4v) is 8.59. The minimum atomic E-state index is -2.71. The van der Waals surface area contributed by atoms with E-state index >= 15 is 0 Å². The van der Waals surface area contributed by atoms with Gasteiger partial charge in [0.1, 0.15) is 18.3 Å².